The summed E-state index contributed by atoms with van der Waals surface area (Å²) in [5.41, 5.74) is 0.0672. The van der Waals surface area contributed by atoms with E-state index in [9.17, 15) is 28.8 Å². The second kappa shape index (κ2) is 9.65. The van der Waals surface area contributed by atoms with Gasteiger partial charge in [-0.05, 0) is 52.2 Å². The van der Waals surface area contributed by atoms with Gasteiger partial charge in [0.05, 0.1) is 17.7 Å². The molecular weight excluding hydrogens is 506 g/mol. The molecule has 5 rings (SSSR count). The molecule has 4 aliphatic rings. The van der Waals surface area contributed by atoms with Gasteiger partial charge in [-0.15, -0.1) is 0 Å². The molecule has 3 fully saturated rings. The summed E-state index contributed by atoms with van der Waals surface area (Å²) in [4.78, 5) is 79.7. The number of ether oxygens (including phenoxy) is 1. The molecule has 0 aliphatic carbocycles. The van der Waals surface area contributed by atoms with Crippen molar-refractivity contribution in [3.05, 3.63) is 29.3 Å². The first-order chi connectivity index (χ1) is 18.4. The molecular formula is C27H33N5O7. The number of hydrogen-bond donors (Lipinski definition) is 2. The Hall–Kier alpha value is -3.96. The highest BCUT2D eigenvalue weighted by molar-refractivity contribution is 6.25. The number of imide groups is 2. The van der Waals surface area contributed by atoms with Gasteiger partial charge in [-0.1, -0.05) is 6.07 Å². The van der Waals surface area contributed by atoms with Crippen LogP contribution < -0.4 is 10.6 Å². The SMILES string of the molecule is CC(C)(C)OC(=O)N1CCC2(CC1)CN(C(=O)CNc1cccc3c1C(=O)N(C1CCC(=O)NC1=O)C3=O)C2. The lowest BCUT2D eigenvalue weighted by Crippen LogP contribution is -2.63. The summed E-state index contributed by atoms with van der Waals surface area (Å²) in [5.74, 6) is -2.46. The topological polar surface area (TPSA) is 145 Å². The Kier molecular flexibility index (Phi) is 6.59. The molecule has 208 valence electrons. The summed E-state index contributed by atoms with van der Waals surface area (Å²) in [6, 6.07) is 3.69. The van der Waals surface area contributed by atoms with E-state index in [2.05, 4.69) is 10.6 Å². The van der Waals surface area contributed by atoms with Crippen molar-refractivity contribution >= 4 is 41.3 Å². The van der Waals surface area contributed by atoms with Gasteiger partial charge in [-0.3, -0.25) is 34.2 Å². The van der Waals surface area contributed by atoms with E-state index in [1.54, 1.807) is 21.9 Å². The predicted molar refractivity (Wildman–Crippen MR) is 138 cm³/mol. The molecule has 0 bridgehead atoms. The van der Waals surface area contributed by atoms with Crippen molar-refractivity contribution in [1.82, 2.24) is 20.0 Å². The average molecular weight is 540 g/mol. The number of carbonyl (C=O) groups excluding carboxylic acids is 6. The largest absolute Gasteiger partial charge is 0.444 e. The Balaban J connectivity index is 1.16. The maximum atomic E-state index is 13.2. The van der Waals surface area contributed by atoms with E-state index < -0.39 is 35.3 Å². The van der Waals surface area contributed by atoms with Gasteiger partial charge in [0.15, 0.2) is 0 Å². The number of fused-ring (bicyclic) bond motifs is 1. The monoisotopic (exact) mass is 539 g/mol. The molecule has 39 heavy (non-hydrogen) atoms. The lowest BCUT2D eigenvalue weighted by Gasteiger charge is -2.53. The van der Waals surface area contributed by atoms with Crippen molar-refractivity contribution in [2.75, 3.05) is 38.0 Å². The number of carbonyl (C=O) groups is 6. The summed E-state index contributed by atoms with van der Waals surface area (Å²) in [6.45, 7) is 7.84. The van der Waals surface area contributed by atoms with Crippen LogP contribution in [0.2, 0.25) is 0 Å². The molecule has 1 spiro atoms. The van der Waals surface area contributed by atoms with E-state index in [1.165, 1.54) is 6.07 Å². The smallest absolute Gasteiger partial charge is 0.410 e. The fraction of sp³-hybridized carbons (Fsp3) is 0.556. The van der Waals surface area contributed by atoms with Crippen molar-refractivity contribution in [3.63, 3.8) is 0 Å². The fourth-order valence-corrected chi connectivity index (χ4v) is 5.69. The molecule has 0 aromatic heterocycles. The molecule has 4 aliphatic heterocycles. The number of nitrogens with one attached hydrogen (secondary N) is 2. The Morgan fingerprint density at radius 3 is 2.38 bits per heavy atom. The maximum Gasteiger partial charge on any atom is 0.410 e. The van der Waals surface area contributed by atoms with Gasteiger partial charge in [0.1, 0.15) is 11.6 Å². The number of anilines is 1. The van der Waals surface area contributed by atoms with Crippen LogP contribution in [0.1, 0.15) is 67.2 Å². The molecule has 1 atom stereocenters. The minimum atomic E-state index is -1.05. The second-order valence-corrected chi connectivity index (χ2v) is 11.7. The van der Waals surface area contributed by atoms with Gasteiger partial charge in [0, 0.05) is 43.7 Å². The van der Waals surface area contributed by atoms with Gasteiger partial charge >= 0.3 is 6.09 Å². The number of nitrogens with zero attached hydrogens (tertiary/aromatic N) is 3. The summed E-state index contributed by atoms with van der Waals surface area (Å²) >= 11 is 0. The highest BCUT2D eigenvalue weighted by atomic mass is 16.6. The molecule has 2 N–H and O–H groups in total. The third kappa shape index (κ3) is 5.07. The molecule has 12 heteroatoms. The van der Waals surface area contributed by atoms with Crippen molar-refractivity contribution in [2.45, 2.75) is 58.1 Å². The number of benzene rings is 1. The van der Waals surface area contributed by atoms with Crippen LogP contribution in [0.15, 0.2) is 18.2 Å². The summed E-state index contributed by atoms with van der Waals surface area (Å²) in [7, 11) is 0. The van der Waals surface area contributed by atoms with Crippen molar-refractivity contribution < 1.29 is 33.5 Å². The number of hydrogen-bond acceptors (Lipinski definition) is 8. The first-order valence-electron chi connectivity index (χ1n) is 13.2. The summed E-state index contributed by atoms with van der Waals surface area (Å²) < 4.78 is 5.46. The van der Waals surface area contributed by atoms with E-state index >= 15 is 0 Å². The van der Waals surface area contributed by atoms with E-state index in [-0.39, 0.29) is 47.9 Å². The molecule has 1 aromatic carbocycles. The van der Waals surface area contributed by atoms with Gasteiger partial charge in [-0.2, -0.15) is 0 Å². The van der Waals surface area contributed by atoms with Crippen LogP contribution in [0, 0.1) is 5.41 Å². The standard InChI is InChI=1S/C27H33N5O7/c1-26(2,3)39-25(38)30-11-9-27(10-12-30)14-31(15-27)20(34)13-28-17-6-4-5-16-21(17)24(37)32(23(16)36)18-7-8-19(33)29-22(18)35/h4-6,18,28H,7-15H2,1-3H3,(H,29,33,35). The zero-order valence-electron chi connectivity index (χ0n) is 22.4. The lowest BCUT2D eigenvalue weighted by molar-refractivity contribution is -0.144. The molecule has 0 radical (unpaired) electrons. The minimum absolute atomic E-state index is 0.00694. The highest BCUT2D eigenvalue weighted by Crippen LogP contribution is 2.41. The van der Waals surface area contributed by atoms with Gasteiger partial charge in [0.2, 0.25) is 17.7 Å². The second-order valence-electron chi connectivity index (χ2n) is 11.7. The number of amides is 6. The zero-order valence-corrected chi connectivity index (χ0v) is 22.4. The van der Waals surface area contributed by atoms with Crippen molar-refractivity contribution in [2.24, 2.45) is 5.41 Å². The highest BCUT2D eigenvalue weighted by Gasteiger charge is 2.48. The van der Waals surface area contributed by atoms with Gasteiger partial charge < -0.3 is 19.9 Å². The zero-order chi connectivity index (χ0) is 28.1. The van der Waals surface area contributed by atoms with Crippen LogP contribution in [-0.2, 0) is 19.1 Å². The Morgan fingerprint density at radius 2 is 1.74 bits per heavy atom. The number of rotatable bonds is 4. The summed E-state index contributed by atoms with van der Waals surface area (Å²) in [6.07, 6.45) is 1.39. The quantitative estimate of drug-likeness (QED) is 0.546. The molecule has 0 saturated carbocycles. The molecule has 6 amide bonds. The predicted octanol–water partition coefficient (Wildman–Crippen LogP) is 1.36. The fourth-order valence-electron chi connectivity index (χ4n) is 5.69. The van der Waals surface area contributed by atoms with E-state index in [1.807, 2.05) is 20.8 Å². The van der Waals surface area contributed by atoms with Crippen LogP contribution in [0.4, 0.5) is 10.5 Å². The minimum Gasteiger partial charge on any atom is -0.444 e. The Bertz CT molecular complexity index is 1250. The summed E-state index contributed by atoms with van der Waals surface area (Å²) in [5, 5.41) is 5.19. The Labute approximate surface area is 226 Å². The lowest BCUT2D eigenvalue weighted by atomic mass is 9.72. The van der Waals surface area contributed by atoms with E-state index in [0.29, 0.717) is 31.9 Å². The molecule has 4 heterocycles. The van der Waals surface area contributed by atoms with E-state index in [0.717, 1.165) is 17.7 Å². The van der Waals surface area contributed by atoms with Crippen LogP contribution in [0.25, 0.3) is 0 Å². The average Bonchev–Trinajstić information content (AvgIpc) is 3.10. The molecule has 1 unspecified atom stereocenters. The van der Waals surface area contributed by atoms with Crippen LogP contribution >= 0.6 is 0 Å². The molecule has 3 saturated heterocycles. The van der Waals surface area contributed by atoms with Crippen molar-refractivity contribution in [3.8, 4) is 0 Å². The van der Waals surface area contributed by atoms with Crippen LogP contribution in [-0.4, -0.2) is 94.7 Å². The number of piperidine rings is 2. The molecule has 1 aromatic rings. The van der Waals surface area contributed by atoms with Gasteiger partial charge in [0.25, 0.3) is 11.8 Å². The Morgan fingerprint density at radius 1 is 1.05 bits per heavy atom. The van der Waals surface area contributed by atoms with Crippen LogP contribution in [0.3, 0.4) is 0 Å². The third-order valence-electron chi connectivity index (χ3n) is 7.78. The number of likely N-dealkylation sites (tertiary alicyclic amines) is 2. The van der Waals surface area contributed by atoms with Gasteiger partial charge in [-0.25, -0.2) is 4.79 Å². The first kappa shape index (κ1) is 26.6. The van der Waals surface area contributed by atoms with Crippen LogP contribution in [0.5, 0.6) is 0 Å². The maximum absolute atomic E-state index is 13.2. The van der Waals surface area contributed by atoms with Crippen molar-refractivity contribution in [1.29, 1.82) is 0 Å². The normalized spacial score (nSPS) is 22.4. The van der Waals surface area contributed by atoms with E-state index in [4.69, 9.17) is 4.74 Å². The first-order valence-corrected chi connectivity index (χ1v) is 13.2. The molecule has 12 nitrogen and oxygen atoms in total. The third-order valence-corrected chi connectivity index (χ3v) is 7.78.